The molecule has 1 aromatic rings. The minimum absolute atomic E-state index is 0.0770. The van der Waals surface area contributed by atoms with Crippen LogP contribution < -0.4 is 0 Å². The molecule has 0 amide bonds. The first kappa shape index (κ1) is 13.4. The zero-order chi connectivity index (χ0) is 12.1. The Morgan fingerprint density at radius 1 is 1.50 bits per heavy atom. The van der Waals surface area contributed by atoms with Gasteiger partial charge in [0.1, 0.15) is 6.61 Å². The fourth-order valence-electron chi connectivity index (χ4n) is 1.47. The number of ether oxygens (including phenoxy) is 1. The van der Waals surface area contributed by atoms with E-state index in [1.54, 1.807) is 4.68 Å². The first-order chi connectivity index (χ1) is 7.60. The highest BCUT2D eigenvalue weighted by Gasteiger charge is 2.15. The molecule has 0 spiro atoms. The van der Waals surface area contributed by atoms with Crippen molar-refractivity contribution in [2.75, 3.05) is 13.2 Å². The van der Waals surface area contributed by atoms with Gasteiger partial charge in [-0.2, -0.15) is 5.10 Å². The van der Waals surface area contributed by atoms with E-state index in [-0.39, 0.29) is 12.4 Å². The van der Waals surface area contributed by atoms with Crippen molar-refractivity contribution in [2.45, 2.75) is 26.7 Å². The van der Waals surface area contributed by atoms with Crippen LogP contribution in [0.3, 0.4) is 0 Å². The summed E-state index contributed by atoms with van der Waals surface area (Å²) >= 11 is 3.48. The molecule has 1 aromatic heterocycles. The molecule has 0 aromatic carbocycles. The average molecular weight is 289 g/mol. The van der Waals surface area contributed by atoms with Gasteiger partial charge < -0.3 is 4.74 Å². The Balaban J connectivity index is 2.73. The van der Waals surface area contributed by atoms with Crippen LogP contribution in [0.4, 0.5) is 0 Å². The van der Waals surface area contributed by atoms with E-state index in [1.807, 2.05) is 20.9 Å². The van der Waals surface area contributed by atoms with E-state index in [4.69, 9.17) is 4.74 Å². The van der Waals surface area contributed by atoms with E-state index in [2.05, 4.69) is 21.0 Å². The third-order valence-corrected chi connectivity index (χ3v) is 3.25. The van der Waals surface area contributed by atoms with Crippen LogP contribution in [0, 0.1) is 0 Å². The predicted octanol–water partition coefficient (Wildman–Crippen LogP) is 1.89. The number of hydrogen-bond donors (Lipinski definition) is 0. The number of Topliss-reactive ketones (excluding diaryl/α,β-unsaturated/α-hetero) is 1. The molecule has 0 N–H and O–H groups in total. The van der Waals surface area contributed by atoms with Gasteiger partial charge in [0.2, 0.25) is 0 Å². The van der Waals surface area contributed by atoms with Crippen LogP contribution >= 0.6 is 15.9 Å². The quantitative estimate of drug-likeness (QED) is 0.803. The van der Waals surface area contributed by atoms with Crippen LogP contribution in [0.2, 0.25) is 0 Å². The van der Waals surface area contributed by atoms with E-state index in [1.165, 1.54) is 0 Å². The second-order valence-electron chi connectivity index (χ2n) is 3.54. The number of rotatable bonds is 6. The third kappa shape index (κ3) is 3.15. The molecule has 0 radical (unpaired) electrons. The van der Waals surface area contributed by atoms with Gasteiger partial charge in [0.15, 0.2) is 5.78 Å². The van der Waals surface area contributed by atoms with Gasteiger partial charge in [-0.3, -0.25) is 9.48 Å². The van der Waals surface area contributed by atoms with Crippen molar-refractivity contribution in [1.82, 2.24) is 9.78 Å². The molecule has 0 fully saturated rings. The van der Waals surface area contributed by atoms with Crippen LogP contribution in [-0.4, -0.2) is 28.8 Å². The lowest BCUT2D eigenvalue weighted by atomic mass is 10.2. The Hall–Kier alpha value is -0.680. The number of carbonyl (C=O) groups is 1. The zero-order valence-corrected chi connectivity index (χ0v) is 11.5. The number of nitrogens with zero attached hydrogens (tertiary/aromatic N) is 2. The molecule has 5 heteroatoms. The van der Waals surface area contributed by atoms with E-state index < -0.39 is 0 Å². The maximum absolute atomic E-state index is 11.6. The van der Waals surface area contributed by atoms with E-state index >= 15 is 0 Å². The van der Waals surface area contributed by atoms with Crippen LogP contribution in [0.15, 0.2) is 4.47 Å². The van der Waals surface area contributed by atoms with E-state index in [0.717, 1.165) is 22.3 Å². The molecular weight excluding hydrogens is 272 g/mol. The Morgan fingerprint density at radius 3 is 2.69 bits per heavy atom. The molecule has 1 heterocycles. The van der Waals surface area contributed by atoms with Crippen molar-refractivity contribution in [3.8, 4) is 0 Å². The summed E-state index contributed by atoms with van der Waals surface area (Å²) in [6, 6.07) is 0. The third-order valence-electron chi connectivity index (χ3n) is 2.33. The molecule has 90 valence electrons. The number of aromatic nitrogens is 2. The lowest BCUT2D eigenvalue weighted by Gasteiger charge is -2.02. The Morgan fingerprint density at radius 2 is 2.19 bits per heavy atom. The predicted molar refractivity (Wildman–Crippen MR) is 65.5 cm³/mol. The highest BCUT2D eigenvalue weighted by molar-refractivity contribution is 9.10. The molecule has 16 heavy (non-hydrogen) atoms. The van der Waals surface area contributed by atoms with Crippen molar-refractivity contribution in [1.29, 1.82) is 0 Å². The zero-order valence-electron chi connectivity index (χ0n) is 9.92. The molecule has 0 bridgehead atoms. The molecular formula is C11H17BrN2O2. The summed E-state index contributed by atoms with van der Waals surface area (Å²) in [5.74, 6) is 0.0770. The summed E-state index contributed by atoms with van der Waals surface area (Å²) in [5.41, 5.74) is 1.91. The molecule has 0 aliphatic heterocycles. The SMILES string of the molecule is CCOCC(=O)Cc1c(Br)c(CC)nn1C. The monoisotopic (exact) mass is 288 g/mol. The van der Waals surface area contributed by atoms with Gasteiger partial charge in [0, 0.05) is 13.7 Å². The maximum atomic E-state index is 11.6. The summed E-state index contributed by atoms with van der Waals surface area (Å²) in [6.45, 7) is 4.66. The van der Waals surface area contributed by atoms with E-state index in [9.17, 15) is 4.79 Å². The Bertz CT molecular complexity index is 374. The van der Waals surface area contributed by atoms with Crippen molar-refractivity contribution < 1.29 is 9.53 Å². The molecule has 0 saturated carbocycles. The summed E-state index contributed by atoms with van der Waals surface area (Å²) in [7, 11) is 1.85. The van der Waals surface area contributed by atoms with Crippen LogP contribution in [-0.2, 0) is 29.4 Å². The Kier molecular flexibility index (Phi) is 5.15. The standard InChI is InChI=1S/C11H17BrN2O2/c1-4-9-11(12)10(14(3)13-9)6-8(15)7-16-5-2/h4-7H2,1-3H3. The number of carbonyl (C=O) groups excluding carboxylic acids is 1. The summed E-state index contributed by atoms with van der Waals surface area (Å²) < 4.78 is 7.79. The Labute approximate surface area is 104 Å². The van der Waals surface area contributed by atoms with Crippen LogP contribution in [0.1, 0.15) is 25.2 Å². The normalized spacial score (nSPS) is 10.8. The van der Waals surface area contributed by atoms with Crippen molar-refractivity contribution >= 4 is 21.7 Å². The molecule has 1 rings (SSSR count). The maximum Gasteiger partial charge on any atom is 0.164 e. The molecule has 0 atom stereocenters. The van der Waals surface area contributed by atoms with Gasteiger partial charge in [0.05, 0.1) is 22.3 Å². The molecule has 0 aliphatic rings. The highest BCUT2D eigenvalue weighted by Crippen LogP contribution is 2.22. The minimum atomic E-state index is 0.0770. The van der Waals surface area contributed by atoms with Gasteiger partial charge in [-0.1, -0.05) is 6.92 Å². The number of ketones is 1. The fraction of sp³-hybridized carbons (Fsp3) is 0.636. The second kappa shape index (κ2) is 6.15. The van der Waals surface area contributed by atoms with Gasteiger partial charge in [-0.05, 0) is 29.3 Å². The first-order valence-electron chi connectivity index (χ1n) is 5.39. The van der Waals surface area contributed by atoms with Crippen molar-refractivity contribution in [3.05, 3.63) is 15.9 Å². The number of aryl methyl sites for hydroxylation is 2. The lowest BCUT2D eigenvalue weighted by Crippen LogP contribution is -2.14. The lowest BCUT2D eigenvalue weighted by molar-refractivity contribution is -0.122. The molecule has 0 saturated heterocycles. The first-order valence-corrected chi connectivity index (χ1v) is 6.19. The van der Waals surface area contributed by atoms with Crippen molar-refractivity contribution in [3.63, 3.8) is 0 Å². The molecule has 4 nitrogen and oxygen atoms in total. The fourth-order valence-corrected chi connectivity index (χ4v) is 2.22. The van der Waals surface area contributed by atoms with Crippen LogP contribution in [0.25, 0.3) is 0 Å². The molecule has 0 aliphatic carbocycles. The van der Waals surface area contributed by atoms with Gasteiger partial charge in [-0.25, -0.2) is 0 Å². The smallest absolute Gasteiger partial charge is 0.164 e. The number of hydrogen-bond acceptors (Lipinski definition) is 3. The summed E-state index contributed by atoms with van der Waals surface area (Å²) in [5, 5.41) is 4.34. The van der Waals surface area contributed by atoms with Crippen molar-refractivity contribution in [2.24, 2.45) is 7.05 Å². The topological polar surface area (TPSA) is 44.1 Å². The highest BCUT2D eigenvalue weighted by atomic mass is 79.9. The summed E-state index contributed by atoms with van der Waals surface area (Å²) in [6.07, 6.45) is 1.22. The summed E-state index contributed by atoms with van der Waals surface area (Å²) in [4.78, 5) is 11.6. The minimum Gasteiger partial charge on any atom is -0.374 e. The second-order valence-corrected chi connectivity index (χ2v) is 4.33. The van der Waals surface area contributed by atoms with E-state index in [0.29, 0.717) is 13.0 Å². The van der Waals surface area contributed by atoms with Gasteiger partial charge >= 0.3 is 0 Å². The largest absolute Gasteiger partial charge is 0.374 e. The van der Waals surface area contributed by atoms with Gasteiger partial charge in [0.25, 0.3) is 0 Å². The molecule has 0 unspecified atom stereocenters. The number of halogens is 1. The van der Waals surface area contributed by atoms with Crippen LogP contribution in [0.5, 0.6) is 0 Å². The van der Waals surface area contributed by atoms with Gasteiger partial charge in [-0.15, -0.1) is 0 Å². The average Bonchev–Trinajstić information content (AvgIpc) is 2.53.